The molecule has 178 valence electrons. The van der Waals surface area contributed by atoms with Crippen LogP contribution in [0.3, 0.4) is 0 Å². The Labute approximate surface area is 227 Å². The summed E-state index contributed by atoms with van der Waals surface area (Å²) in [5.74, 6) is -0.406. The Morgan fingerprint density at radius 2 is 1.85 bits per heavy atom. The molecule has 2 heterocycles. The molecule has 2 aromatic carbocycles. The summed E-state index contributed by atoms with van der Waals surface area (Å²) >= 11 is 5.10. The summed E-state index contributed by atoms with van der Waals surface area (Å²) in [6, 6.07) is 9.92. The van der Waals surface area contributed by atoms with Gasteiger partial charge in [-0.2, -0.15) is 0 Å². The number of hydrogen-bond donors (Lipinski definition) is 0. The maximum atomic E-state index is 13.4. The van der Waals surface area contributed by atoms with Gasteiger partial charge in [-0.1, -0.05) is 12.1 Å². The van der Waals surface area contributed by atoms with Crippen LogP contribution in [-0.4, -0.2) is 59.7 Å². The van der Waals surface area contributed by atoms with Crippen molar-refractivity contribution in [3.63, 3.8) is 0 Å². The van der Waals surface area contributed by atoms with Crippen LogP contribution in [0.25, 0.3) is 6.08 Å². The topological polar surface area (TPSA) is 76.2 Å². The predicted octanol–water partition coefficient (Wildman–Crippen LogP) is 4.51. The van der Waals surface area contributed by atoms with Gasteiger partial charge >= 0.3 is 0 Å². The molecule has 3 amide bonds. The number of ether oxygens (including phenoxy) is 2. The number of thioether (sulfide) groups is 1. The lowest BCUT2D eigenvalue weighted by atomic mass is 10.2. The lowest BCUT2D eigenvalue weighted by Crippen LogP contribution is -2.46. The number of morpholine rings is 1. The van der Waals surface area contributed by atoms with Crippen LogP contribution in [0.2, 0.25) is 0 Å². The minimum absolute atomic E-state index is 0.221. The Hall–Kier alpha value is -1.71. The van der Waals surface area contributed by atoms with Crippen LogP contribution >= 0.6 is 56.9 Å². The third-order valence-electron chi connectivity index (χ3n) is 5.12. The van der Waals surface area contributed by atoms with Gasteiger partial charge in [0.2, 0.25) is 5.91 Å². The highest BCUT2D eigenvalue weighted by atomic mass is 127. The average molecular weight is 708 g/mol. The van der Waals surface area contributed by atoms with Crippen molar-refractivity contribution in [3.05, 3.63) is 65.4 Å². The maximum absolute atomic E-state index is 13.4. The normalized spacial score (nSPS) is 17.6. The van der Waals surface area contributed by atoms with Crippen LogP contribution in [0, 0.1) is 13.0 Å². The Kier molecular flexibility index (Phi) is 8.47. The van der Waals surface area contributed by atoms with E-state index in [-0.39, 0.29) is 29.8 Å². The molecule has 0 aliphatic carbocycles. The van der Waals surface area contributed by atoms with Crippen LogP contribution in [-0.2, 0) is 20.9 Å². The quantitative estimate of drug-likeness (QED) is 0.325. The van der Waals surface area contributed by atoms with E-state index in [4.69, 9.17) is 9.47 Å². The first kappa shape index (κ1) is 25.4. The first-order valence-electron chi connectivity index (χ1n) is 10.3. The van der Waals surface area contributed by atoms with Crippen LogP contribution in [0.4, 0.5) is 9.18 Å². The number of nitrogens with zero attached hydrogens (tertiary/aromatic N) is 2. The first-order valence-corrected chi connectivity index (χ1v) is 13.3. The standard InChI is InChI=1S/C23H19FI2N2O5S/c24-16-3-1-2-14(8-16)13-33-21-17(25)9-15(10-18(21)26)11-19-22(30)28(23(31)34-19)12-20(29)27-4-6-32-7-5-27/h1-3,8-11H,4-7,12-13H2/b19-11+. The maximum Gasteiger partial charge on any atom is 0.294 e. The second-order valence-electron chi connectivity index (χ2n) is 7.49. The molecule has 0 N–H and O–H groups in total. The molecule has 7 nitrogen and oxygen atoms in total. The molecule has 2 aliphatic rings. The summed E-state index contributed by atoms with van der Waals surface area (Å²) in [6.45, 7) is 1.76. The molecule has 2 saturated heterocycles. The zero-order valence-electron chi connectivity index (χ0n) is 17.8. The average Bonchev–Trinajstić information content (AvgIpc) is 3.06. The van der Waals surface area contributed by atoms with Crippen molar-refractivity contribution in [2.45, 2.75) is 6.61 Å². The fourth-order valence-electron chi connectivity index (χ4n) is 3.42. The number of hydrogen-bond acceptors (Lipinski definition) is 6. The minimum Gasteiger partial charge on any atom is -0.487 e. The Bertz CT molecular complexity index is 1150. The van der Waals surface area contributed by atoms with E-state index in [0.29, 0.717) is 32.1 Å². The van der Waals surface area contributed by atoms with Gasteiger partial charge in [-0.25, -0.2) is 4.39 Å². The molecule has 0 bridgehead atoms. The molecular weight excluding hydrogens is 689 g/mol. The lowest BCUT2D eigenvalue weighted by molar-refractivity contribution is -0.139. The molecule has 0 spiro atoms. The fraction of sp³-hybridized carbons (Fsp3) is 0.261. The van der Waals surface area contributed by atoms with E-state index in [0.717, 1.165) is 34.9 Å². The molecule has 0 saturated carbocycles. The highest BCUT2D eigenvalue weighted by Crippen LogP contribution is 2.35. The molecule has 0 aromatic heterocycles. The predicted molar refractivity (Wildman–Crippen MR) is 143 cm³/mol. The Balaban J connectivity index is 1.45. The summed E-state index contributed by atoms with van der Waals surface area (Å²) in [5, 5.41) is -0.461. The number of halogens is 3. The zero-order valence-corrected chi connectivity index (χ0v) is 22.9. The van der Waals surface area contributed by atoms with Crippen molar-refractivity contribution in [2.24, 2.45) is 0 Å². The Morgan fingerprint density at radius 3 is 2.53 bits per heavy atom. The minimum atomic E-state index is -0.479. The second-order valence-corrected chi connectivity index (χ2v) is 10.8. The van der Waals surface area contributed by atoms with Crippen molar-refractivity contribution in [1.29, 1.82) is 0 Å². The largest absolute Gasteiger partial charge is 0.487 e. The number of carbonyl (C=O) groups is 3. The van der Waals surface area contributed by atoms with Crippen molar-refractivity contribution in [1.82, 2.24) is 9.80 Å². The van der Waals surface area contributed by atoms with Gasteiger partial charge in [0.15, 0.2) is 0 Å². The monoisotopic (exact) mass is 708 g/mol. The van der Waals surface area contributed by atoms with Crippen molar-refractivity contribution in [2.75, 3.05) is 32.8 Å². The van der Waals surface area contributed by atoms with E-state index in [1.165, 1.54) is 12.1 Å². The van der Waals surface area contributed by atoms with Gasteiger partial charge < -0.3 is 14.4 Å². The molecule has 11 heteroatoms. The van der Waals surface area contributed by atoms with Crippen LogP contribution < -0.4 is 4.74 Å². The van der Waals surface area contributed by atoms with Gasteiger partial charge in [0.05, 0.1) is 25.3 Å². The molecule has 34 heavy (non-hydrogen) atoms. The molecule has 2 fully saturated rings. The smallest absolute Gasteiger partial charge is 0.294 e. The fourth-order valence-corrected chi connectivity index (χ4v) is 6.38. The van der Waals surface area contributed by atoms with E-state index in [2.05, 4.69) is 45.2 Å². The molecular formula is C23H19FI2N2O5S. The second kappa shape index (κ2) is 11.4. The SMILES string of the molecule is O=C(CN1C(=O)S/C(=C/c2cc(I)c(OCc3cccc(F)c3)c(I)c2)C1=O)N1CCOCC1. The van der Waals surface area contributed by atoms with E-state index in [1.807, 2.05) is 12.1 Å². The van der Waals surface area contributed by atoms with Crippen LogP contribution in [0.15, 0.2) is 41.3 Å². The number of carbonyl (C=O) groups excluding carboxylic acids is 3. The Morgan fingerprint density at radius 1 is 1.15 bits per heavy atom. The van der Waals surface area contributed by atoms with Gasteiger partial charge in [0.25, 0.3) is 11.1 Å². The highest BCUT2D eigenvalue weighted by Gasteiger charge is 2.37. The highest BCUT2D eigenvalue weighted by molar-refractivity contribution is 14.1. The molecule has 2 aromatic rings. The lowest BCUT2D eigenvalue weighted by Gasteiger charge is -2.28. The summed E-state index contributed by atoms with van der Waals surface area (Å²) < 4.78 is 26.2. The van der Waals surface area contributed by atoms with E-state index < -0.39 is 11.1 Å². The summed E-state index contributed by atoms with van der Waals surface area (Å²) in [4.78, 5) is 40.6. The summed E-state index contributed by atoms with van der Waals surface area (Å²) in [6.07, 6.45) is 1.64. The first-order chi connectivity index (χ1) is 16.3. The summed E-state index contributed by atoms with van der Waals surface area (Å²) in [7, 11) is 0. The molecule has 2 aliphatic heterocycles. The molecule has 0 unspecified atom stereocenters. The van der Waals surface area contributed by atoms with E-state index in [1.54, 1.807) is 23.1 Å². The van der Waals surface area contributed by atoms with Gasteiger partial charge in [0, 0.05) is 13.1 Å². The third kappa shape index (κ3) is 6.10. The van der Waals surface area contributed by atoms with Gasteiger partial charge in [-0.3, -0.25) is 19.3 Å². The van der Waals surface area contributed by atoms with Gasteiger partial charge in [-0.15, -0.1) is 0 Å². The van der Waals surface area contributed by atoms with E-state index in [9.17, 15) is 18.8 Å². The van der Waals surface area contributed by atoms with Crippen LogP contribution in [0.1, 0.15) is 11.1 Å². The number of imide groups is 1. The van der Waals surface area contributed by atoms with Crippen LogP contribution in [0.5, 0.6) is 5.75 Å². The number of benzene rings is 2. The molecule has 0 radical (unpaired) electrons. The summed E-state index contributed by atoms with van der Waals surface area (Å²) in [5.41, 5.74) is 1.45. The molecule has 0 atom stereocenters. The number of rotatable bonds is 6. The van der Waals surface area contributed by atoms with Crippen molar-refractivity contribution in [3.8, 4) is 5.75 Å². The zero-order chi connectivity index (χ0) is 24.2. The van der Waals surface area contributed by atoms with Gasteiger partial charge in [0.1, 0.15) is 24.7 Å². The molecule has 4 rings (SSSR count). The third-order valence-corrected chi connectivity index (χ3v) is 7.63. The van der Waals surface area contributed by atoms with Crippen molar-refractivity contribution >= 4 is 80.1 Å². The number of amides is 3. The van der Waals surface area contributed by atoms with Crippen molar-refractivity contribution < 1.29 is 28.2 Å². The van der Waals surface area contributed by atoms with Gasteiger partial charge in [-0.05, 0) is 98.4 Å². The van der Waals surface area contributed by atoms with E-state index >= 15 is 0 Å².